The molecule has 37 heavy (non-hydrogen) atoms. The third kappa shape index (κ3) is 6.90. The van der Waals surface area contributed by atoms with Gasteiger partial charge in [0.05, 0.1) is 5.01 Å². The monoisotopic (exact) mass is 524 g/mol. The molecule has 0 atom stereocenters. The van der Waals surface area contributed by atoms with E-state index >= 15 is 0 Å². The summed E-state index contributed by atoms with van der Waals surface area (Å²) in [4.78, 5) is 38.3. The van der Waals surface area contributed by atoms with Crippen LogP contribution in [-0.4, -0.2) is 52.1 Å². The predicted octanol–water partition coefficient (Wildman–Crippen LogP) is 6.77. The molecular formula is C29H40N4O3S. The van der Waals surface area contributed by atoms with Crippen LogP contribution in [0.5, 0.6) is 0 Å². The Bertz CT molecular complexity index is 1040. The summed E-state index contributed by atoms with van der Waals surface area (Å²) in [5.74, 6) is 0.432. The molecule has 1 aliphatic heterocycles. The second kappa shape index (κ2) is 12.4. The summed E-state index contributed by atoms with van der Waals surface area (Å²) in [6, 6.07) is 8.79. The van der Waals surface area contributed by atoms with Crippen LogP contribution in [0.15, 0.2) is 29.6 Å². The molecule has 7 nitrogen and oxygen atoms in total. The summed E-state index contributed by atoms with van der Waals surface area (Å²) in [7, 11) is 0. The Kier molecular flexibility index (Phi) is 8.77. The number of thiazole rings is 1. The lowest BCUT2D eigenvalue weighted by Gasteiger charge is -2.34. The number of hydrogen-bond acceptors (Lipinski definition) is 6. The Morgan fingerprint density at radius 1 is 1.03 bits per heavy atom. The average Bonchev–Trinajstić information content (AvgIpc) is 3.63. The number of amides is 2. The topological polar surface area (TPSA) is 74.8 Å². The van der Waals surface area contributed by atoms with Crippen LogP contribution in [0.1, 0.15) is 105 Å². The second-order valence-electron chi connectivity index (χ2n) is 10.8. The highest BCUT2D eigenvalue weighted by Crippen LogP contribution is 2.36. The molecular weight excluding hydrogens is 484 g/mol. The molecule has 0 radical (unpaired) electrons. The van der Waals surface area contributed by atoms with E-state index in [9.17, 15) is 9.59 Å². The number of hydroxylamine groups is 2. The van der Waals surface area contributed by atoms with Crippen molar-refractivity contribution in [3.8, 4) is 0 Å². The maximum atomic E-state index is 13.4. The van der Waals surface area contributed by atoms with E-state index in [-0.39, 0.29) is 5.91 Å². The first-order valence-corrected chi connectivity index (χ1v) is 15.1. The molecule has 1 aromatic heterocycles. The van der Waals surface area contributed by atoms with Crippen molar-refractivity contribution in [3.05, 3.63) is 45.9 Å². The summed E-state index contributed by atoms with van der Waals surface area (Å²) in [5.41, 5.74) is 2.65. The van der Waals surface area contributed by atoms with Crippen molar-refractivity contribution in [2.24, 2.45) is 0 Å². The van der Waals surface area contributed by atoms with Gasteiger partial charge in [-0.15, -0.1) is 16.4 Å². The van der Waals surface area contributed by atoms with Crippen LogP contribution in [0.2, 0.25) is 0 Å². The number of hydrogen-bond donors (Lipinski definition) is 1. The van der Waals surface area contributed by atoms with Gasteiger partial charge in [0.2, 0.25) is 0 Å². The lowest BCUT2D eigenvalue weighted by molar-refractivity contribution is -0.108. The van der Waals surface area contributed by atoms with Crippen molar-refractivity contribution in [3.63, 3.8) is 0 Å². The van der Waals surface area contributed by atoms with Gasteiger partial charge in [-0.3, -0.25) is 10.1 Å². The summed E-state index contributed by atoms with van der Waals surface area (Å²) in [5, 5.41) is 7.56. The summed E-state index contributed by atoms with van der Waals surface area (Å²) >= 11 is 1.61. The van der Waals surface area contributed by atoms with Crippen LogP contribution in [-0.2, 0) is 11.3 Å². The Labute approximate surface area is 224 Å². The first-order valence-electron chi connectivity index (χ1n) is 14.2. The van der Waals surface area contributed by atoms with E-state index in [0.717, 1.165) is 55.6 Å². The predicted molar refractivity (Wildman–Crippen MR) is 147 cm³/mol. The minimum Gasteiger partial charge on any atom is -0.351 e. The Morgan fingerprint density at radius 2 is 1.73 bits per heavy atom. The maximum Gasteiger partial charge on any atom is 0.430 e. The van der Waals surface area contributed by atoms with E-state index in [0.29, 0.717) is 36.8 Å². The lowest BCUT2D eigenvalue weighted by Crippen LogP contribution is -2.43. The molecule has 0 bridgehead atoms. The van der Waals surface area contributed by atoms with E-state index in [1.807, 2.05) is 17.5 Å². The molecule has 2 aromatic rings. The lowest BCUT2D eigenvalue weighted by atomic mass is 9.94. The molecule has 1 N–H and O–H groups in total. The van der Waals surface area contributed by atoms with Crippen molar-refractivity contribution in [2.75, 3.05) is 18.4 Å². The molecule has 3 fully saturated rings. The van der Waals surface area contributed by atoms with Crippen LogP contribution in [0.25, 0.3) is 0 Å². The third-order valence-corrected chi connectivity index (χ3v) is 8.93. The van der Waals surface area contributed by atoms with E-state index in [4.69, 9.17) is 9.82 Å². The number of nitrogens with zero attached hydrogens (tertiary/aromatic N) is 3. The summed E-state index contributed by atoms with van der Waals surface area (Å²) in [6.45, 7) is 3.51. The molecule has 2 heterocycles. The number of benzene rings is 1. The van der Waals surface area contributed by atoms with Crippen molar-refractivity contribution in [2.45, 2.75) is 102 Å². The first kappa shape index (κ1) is 26.2. The number of unbranched alkanes of at least 4 members (excludes halogenated alkanes) is 1. The van der Waals surface area contributed by atoms with Crippen molar-refractivity contribution in [1.82, 2.24) is 14.9 Å². The van der Waals surface area contributed by atoms with Crippen LogP contribution in [0.4, 0.5) is 10.5 Å². The van der Waals surface area contributed by atoms with Gasteiger partial charge in [-0.25, -0.2) is 9.78 Å². The van der Waals surface area contributed by atoms with E-state index in [1.54, 1.807) is 16.4 Å². The summed E-state index contributed by atoms with van der Waals surface area (Å²) in [6.07, 6.45) is 12.9. The number of aryl methyl sites for hydroxylation is 1. The fourth-order valence-corrected chi connectivity index (χ4v) is 6.60. The summed E-state index contributed by atoms with van der Waals surface area (Å²) < 4.78 is 0. The van der Waals surface area contributed by atoms with Gasteiger partial charge in [0.1, 0.15) is 5.69 Å². The number of carbonyl (C=O) groups excluding carboxylic acids is 2. The van der Waals surface area contributed by atoms with E-state index in [2.05, 4.69) is 29.3 Å². The standard InChI is InChI=1S/C29H40N4O3S/c1-2-3-7-21-10-12-23(13-11-21)30-29(35)36-32-18-16-22(17-19-32)27-31-26(20-37-27)28(34)33(25-14-15-25)24-8-5-4-6-9-24/h10-13,20,22,24-25H,2-9,14-19H2,1H3,(H,30,35). The van der Waals surface area contributed by atoms with Crippen LogP contribution in [0, 0.1) is 0 Å². The third-order valence-electron chi connectivity index (χ3n) is 7.92. The number of piperidine rings is 1. The molecule has 2 aliphatic carbocycles. The van der Waals surface area contributed by atoms with Gasteiger partial charge in [-0.1, -0.05) is 44.7 Å². The van der Waals surface area contributed by atoms with Crippen LogP contribution in [0.3, 0.4) is 0 Å². The van der Waals surface area contributed by atoms with Gasteiger partial charge in [0.15, 0.2) is 0 Å². The number of nitrogens with one attached hydrogen (secondary N) is 1. The number of carbonyl (C=O) groups is 2. The Balaban J connectivity index is 1.09. The minimum atomic E-state index is -0.454. The average molecular weight is 525 g/mol. The second-order valence-corrected chi connectivity index (χ2v) is 11.7. The zero-order valence-corrected chi connectivity index (χ0v) is 22.8. The molecule has 2 amide bonds. The van der Waals surface area contributed by atoms with Gasteiger partial charge < -0.3 is 9.74 Å². The highest BCUT2D eigenvalue weighted by molar-refractivity contribution is 7.09. The molecule has 3 aliphatic rings. The zero-order chi connectivity index (χ0) is 25.6. The van der Waals surface area contributed by atoms with Gasteiger partial charge >= 0.3 is 6.09 Å². The largest absolute Gasteiger partial charge is 0.430 e. The van der Waals surface area contributed by atoms with Gasteiger partial charge in [0.25, 0.3) is 5.91 Å². The van der Waals surface area contributed by atoms with Crippen LogP contribution < -0.4 is 5.32 Å². The van der Waals surface area contributed by atoms with E-state index in [1.165, 1.54) is 37.7 Å². The van der Waals surface area contributed by atoms with Crippen molar-refractivity contribution in [1.29, 1.82) is 0 Å². The molecule has 0 spiro atoms. The van der Waals surface area contributed by atoms with Crippen molar-refractivity contribution >= 4 is 29.0 Å². The van der Waals surface area contributed by atoms with Gasteiger partial charge in [-0.2, -0.15) is 0 Å². The first-order chi connectivity index (χ1) is 18.1. The molecule has 1 saturated heterocycles. The quantitative estimate of drug-likeness (QED) is 0.392. The van der Waals surface area contributed by atoms with Gasteiger partial charge in [0, 0.05) is 42.2 Å². The smallest absolute Gasteiger partial charge is 0.351 e. The van der Waals surface area contributed by atoms with E-state index < -0.39 is 6.09 Å². The fourth-order valence-electron chi connectivity index (χ4n) is 5.63. The zero-order valence-electron chi connectivity index (χ0n) is 22.0. The molecule has 5 rings (SSSR count). The fraction of sp³-hybridized carbons (Fsp3) is 0.621. The van der Waals surface area contributed by atoms with Crippen LogP contribution >= 0.6 is 11.3 Å². The Morgan fingerprint density at radius 3 is 2.41 bits per heavy atom. The number of aromatic nitrogens is 1. The Hall–Kier alpha value is -2.45. The minimum absolute atomic E-state index is 0.132. The number of anilines is 1. The molecule has 200 valence electrons. The highest BCUT2D eigenvalue weighted by atomic mass is 32.1. The maximum absolute atomic E-state index is 13.4. The van der Waals surface area contributed by atoms with Gasteiger partial charge in [-0.05, 0) is 69.1 Å². The van der Waals surface area contributed by atoms with Crippen molar-refractivity contribution < 1.29 is 14.4 Å². The molecule has 1 aromatic carbocycles. The molecule has 0 unspecified atom stereocenters. The molecule has 2 saturated carbocycles. The normalized spacial score (nSPS) is 19.5. The highest BCUT2D eigenvalue weighted by Gasteiger charge is 2.39. The number of rotatable bonds is 9. The molecule has 8 heteroatoms. The SMILES string of the molecule is CCCCc1ccc(NC(=O)ON2CCC(c3nc(C(=O)N(C4CCCCC4)C4CC4)cs3)CC2)cc1.